The highest BCUT2D eigenvalue weighted by molar-refractivity contribution is 5.86. The molecule has 2 aromatic carbocycles. The lowest BCUT2D eigenvalue weighted by molar-refractivity contribution is -0.122. The molecule has 2 atom stereocenters. The maximum absolute atomic E-state index is 13.7. The van der Waals surface area contributed by atoms with Gasteiger partial charge >= 0.3 is 0 Å². The zero-order chi connectivity index (χ0) is 17.8. The number of hydrogen-bond acceptors (Lipinski definition) is 4. The molecule has 0 bridgehead atoms. The van der Waals surface area contributed by atoms with E-state index >= 15 is 0 Å². The van der Waals surface area contributed by atoms with E-state index in [1.54, 1.807) is 50.6 Å². The molecule has 3 rings (SSSR count). The molecule has 0 spiro atoms. The van der Waals surface area contributed by atoms with Gasteiger partial charge in [0.2, 0.25) is 5.91 Å². The van der Waals surface area contributed by atoms with Crippen LogP contribution >= 0.6 is 0 Å². The molecule has 0 radical (unpaired) electrons. The van der Waals surface area contributed by atoms with Crippen molar-refractivity contribution in [1.29, 1.82) is 0 Å². The zero-order valence-corrected chi connectivity index (χ0v) is 14.0. The SMILES string of the molecule is COc1ccc(/C=N/NC(=O)C2CC2c2ccccc2F)cc1OC. The molecule has 1 saturated carbocycles. The molecule has 0 heterocycles. The molecule has 0 saturated heterocycles. The van der Waals surface area contributed by atoms with Gasteiger partial charge in [0.1, 0.15) is 5.82 Å². The van der Waals surface area contributed by atoms with Gasteiger partial charge in [-0.05, 0) is 47.7 Å². The maximum Gasteiger partial charge on any atom is 0.243 e. The molecule has 130 valence electrons. The Hall–Kier alpha value is -2.89. The average Bonchev–Trinajstić information content (AvgIpc) is 3.42. The van der Waals surface area contributed by atoms with Gasteiger partial charge in [0.15, 0.2) is 11.5 Å². The first-order valence-corrected chi connectivity index (χ1v) is 7.93. The number of nitrogens with one attached hydrogen (secondary N) is 1. The molecule has 0 aromatic heterocycles. The summed E-state index contributed by atoms with van der Waals surface area (Å²) in [5.41, 5.74) is 3.87. The van der Waals surface area contributed by atoms with E-state index in [1.165, 1.54) is 12.3 Å². The summed E-state index contributed by atoms with van der Waals surface area (Å²) in [6, 6.07) is 11.9. The standard InChI is InChI=1S/C19H19FN2O3/c1-24-17-8-7-12(9-18(17)25-2)11-21-22-19(23)15-10-14(15)13-5-3-4-6-16(13)20/h3-9,11,14-15H,10H2,1-2H3,(H,22,23)/b21-11+. The van der Waals surface area contributed by atoms with Crippen LogP contribution < -0.4 is 14.9 Å². The summed E-state index contributed by atoms with van der Waals surface area (Å²) >= 11 is 0. The number of methoxy groups -OCH3 is 2. The molecular formula is C19H19FN2O3. The monoisotopic (exact) mass is 342 g/mol. The van der Waals surface area contributed by atoms with Gasteiger partial charge in [0.25, 0.3) is 0 Å². The molecule has 1 N–H and O–H groups in total. The molecule has 1 amide bonds. The van der Waals surface area contributed by atoms with Gasteiger partial charge in [-0.1, -0.05) is 18.2 Å². The van der Waals surface area contributed by atoms with Crippen LogP contribution in [-0.4, -0.2) is 26.3 Å². The fourth-order valence-corrected chi connectivity index (χ4v) is 2.79. The first kappa shape index (κ1) is 17.0. The van der Waals surface area contributed by atoms with E-state index in [-0.39, 0.29) is 23.6 Å². The lowest BCUT2D eigenvalue weighted by Gasteiger charge is -2.07. The number of nitrogens with zero attached hydrogens (tertiary/aromatic N) is 1. The number of ether oxygens (including phenoxy) is 2. The van der Waals surface area contributed by atoms with E-state index in [0.29, 0.717) is 23.5 Å². The molecule has 0 aliphatic heterocycles. The van der Waals surface area contributed by atoms with Gasteiger partial charge in [0, 0.05) is 5.92 Å². The van der Waals surface area contributed by atoms with Crippen molar-refractivity contribution in [2.75, 3.05) is 14.2 Å². The second kappa shape index (κ2) is 7.34. The molecule has 1 aliphatic carbocycles. The lowest BCUT2D eigenvalue weighted by atomic mass is 10.1. The number of hydrogen-bond donors (Lipinski definition) is 1. The van der Waals surface area contributed by atoms with E-state index in [0.717, 1.165) is 5.56 Å². The number of hydrazone groups is 1. The van der Waals surface area contributed by atoms with Crippen molar-refractivity contribution in [3.05, 3.63) is 59.4 Å². The predicted molar refractivity (Wildman–Crippen MR) is 92.5 cm³/mol. The number of rotatable bonds is 6. The second-order valence-corrected chi connectivity index (χ2v) is 5.82. The summed E-state index contributed by atoms with van der Waals surface area (Å²) in [6.45, 7) is 0. The Morgan fingerprint density at radius 1 is 1.20 bits per heavy atom. The van der Waals surface area contributed by atoms with E-state index in [1.807, 2.05) is 0 Å². The second-order valence-electron chi connectivity index (χ2n) is 5.82. The van der Waals surface area contributed by atoms with Crippen molar-refractivity contribution in [3.8, 4) is 11.5 Å². The van der Waals surface area contributed by atoms with Crippen LogP contribution in [0.3, 0.4) is 0 Å². The number of carbonyl (C=O) groups excluding carboxylic acids is 1. The van der Waals surface area contributed by atoms with E-state index < -0.39 is 0 Å². The summed E-state index contributed by atoms with van der Waals surface area (Å²) < 4.78 is 24.1. The number of amides is 1. The Kier molecular flexibility index (Phi) is 4.97. The van der Waals surface area contributed by atoms with Gasteiger partial charge in [-0.2, -0.15) is 5.10 Å². The quantitative estimate of drug-likeness (QED) is 0.648. The number of carbonyl (C=O) groups is 1. The van der Waals surface area contributed by atoms with E-state index in [2.05, 4.69) is 10.5 Å². The Morgan fingerprint density at radius 3 is 2.68 bits per heavy atom. The Labute approximate surface area is 145 Å². The molecule has 25 heavy (non-hydrogen) atoms. The van der Waals surface area contributed by atoms with Crippen LogP contribution in [0, 0.1) is 11.7 Å². The normalized spacial score (nSPS) is 18.8. The molecule has 1 aliphatic rings. The van der Waals surface area contributed by atoms with E-state index in [4.69, 9.17) is 9.47 Å². The minimum Gasteiger partial charge on any atom is -0.493 e. The molecular weight excluding hydrogens is 323 g/mol. The van der Waals surface area contributed by atoms with Crippen molar-refractivity contribution < 1.29 is 18.7 Å². The molecule has 6 heteroatoms. The minimum atomic E-state index is -0.267. The van der Waals surface area contributed by atoms with Gasteiger partial charge in [-0.3, -0.25) is 4.79 Å². The summed E-state index contributed by atoms with van der Waals surface area (Å²) in [5, 5.41) is 3.97. The van der Waals surface area contributed by atoms with Crippen LogP contribution in [0.4, 0.5) is 4.39 Å². The topological polar surface area (TPSA) is 59.9 Å². The van der Waals surface area contributed by atoms with Crippen LogP contribution in [0.25, 0.3) is 0 Å². The smallest absolute Gasteiger partial charge is 0.243 e. The average molecular weight is 342 g/mol. The van der Waals surface area contributed by atoms with E-state index in [9.17, 15) is 9.18 Å². The van der Waals surface area contributed by atoms with Crippen LogP contribution in [-0.2, 0) is 4.79 Å². The summed E-state index contributed by atoms with van der Waals surface area (Å²) in [4.78, 5) is 12.1. The maximum atomic E-state index is 13.7. The van der Waals surface area contributed by atoms with Crippen molar-refractivity contribution >= 4 is 12.1 Å². The predicted octanol–water partition coefficient (Wildman–Crippen LogP) is 3.10. The number of benzene rings is 2. The highest BCUT2D eigenvalue weighted by atomic mass is 19.1. The molecule has 2 aromatic rings. The third-order valence-electron chi connectivity index (χ3n) is 4.23. The fourth-order valence-electron chi connectivity index (χ4n) is 2.79. The van der Waals surface area contributed by atoms with Crippen LogP contribution in [0.15, 0.2) is 47.6 Å². The van der Waals surface area contributed by atoms with Crippen molar-refractivity contribution in [1.82, 2.24) is 5.43 Å². The third-order valence-corrected chi connectivity index (χ3v) is 4.23. The van der Waals surface area contributed by atoms with Crippen molar-refractivity contribution in [2.45, 2.75) is 12.3 Å². The summed E-state index contributed by atoms with van der Waals surface area (Å²) in [6.07, 6.45) is 2.17. The third kappa shape index (κ3) is 3.79. The van der Waals surface area contributed by atoms with Gasteiger partial charge in [-0.25, -0.2) is 9.82 Å². The Bertz CT molecular complexity index is 807. The first-order valence-electron chi connectivity index (χ1n) is 7.93. The molecule has 2 unspecified atom stereocenters. The minimum absolute atomic E-state index is 0.0718. The lowest BCUT2D eigenvalue weighted by Crippen LogP contribution is -2.20. The van der Waals surface area contributed by atoms with Gasteiger partial charge in [0.05, 0.1) is 20.4 Å². The Morgan fingerprint density at radius 2 is 1.96 bits per heavy atom. The van der Waals surface area contributed by atoms with Crippen LogP contribution in [0.2, 0.25) is 0 Å². The first-order chi connectivity index (χ1) is 12.1. The van der Waals surface area contributed by atoms with Crippen molar-refractivity contribution in [2.24, 2.45) is 11.0 Å². The van der Waals surface area contributed by atoms with Crippen LogP contribution in [0.1, 0.15) is 23.5 Å². The van der Waals surface area contributed by atoms with Crippen LogP contribution in [0.5, 0.6) is 11.5 Å². The number of halogens is 1. The highest BCUT2D eigenvalue weighted by Gasteiger charge is 2.45. The summed E-state index contributed by atoms with van der Waals surface area (Å²) in [5.74, 6) is 0.424. The largest absolute Gasteiger partial charge is 0.493 e. The van der Waals surface area contributed by atoms with Gasteiger partial charge in [-0.15, -0.1) is 0 Å². The van der Waals surface area contributed by atoms with Gasteiger partial charge < -0.3 is 9.47 Å². The zero-order valence-electron chi connectivity index (χ0n) is 14.0. The Balaban J connectivity index is 1.58. The molecule has 1 fully saturated rings. The summed E-state index contributed by atoms with van der Waals surface area (Å²) in [7, 11) is 3.12. The highest BCUT2D eigenvalue weighted by Crippen LogP contribution is 2.48. The van der Waals surface area contributed by atoms with Crippen molar-refractivity contribution in [3.63, 3.8) is 0 Å². The molecule has 5 nitrogen and oxygen atoms in total. The fraction of sp³-hybridized carbons (Fsp3) is 0.263.